The lowest BCUT2D eigenvalue weighted by atomic mass is 10.0. The lowest BCUT2D eigenvalue weighted by Gasteiger charge is -2.33. The molecule has 0 saturated carbocycles. The van der Waals surface area contributed by atoms with Crippen molar-refractivity contribution in [1.29, 1.82) is 0 Å². The normalized spacial score (nSPS) is 14.2. The predicted molar refractivity (Wildman–Crippen MR) is 161 cm³/mol. The summed E-state index contributed by atoms with van der Waals surface area (Å²) in [5.74, 6) is 0.517. The highest BCUT2D eigenvalue weighted by Crippen LogP contribution is 2.34. The van der Waals surface area contributed by atoms with Gasteiger partial charge in [0.1, 0.15) is 5.82 Å². The number of amides is 1. The number of pyridine rings is 1. The number of carbonyl (C=O) groups is 1. The molecule has 0 radical (unpaired) electrons. The molecule has 9 heteroatoms. The van der Waals surface area contributed by atoms with Gasteiger partial charge >= 0.3 is 6.18 Å². The Balaban J connectivity index is 0.000000389. The largest absolute Gasteiger partial charge is 0.416 e. The topological polar surface area (TPSA) is 60.5 Å². The van der Waals surface area contributed by atoms with Gasteiger partial charge in [0.2, 0.25) is 0 Å². The Morgan fingerprint density at radius 1 is 0.976 bits per heavy atom. The standard InChI is InChI=1S/C24H30F3N3O.C8H12N2/c1-4-5-18-6-7-19(14-17(18)2)23(31)28-21-9-8-20(22(15-21)24(25,26)27)16-30-12-10-29(3)11-13-30;1-3-7-4-5-8(9-2)10-6-7/h6-9,14-15H,4-5,10-13,16H2,1-3H3,(H,28,31);4-6H,3H2,1-2H3,(H,9,10). The molecule has 4 rings (SSSR count). The van der Waals surface area contributed by atoms with Crippen molar-refractivity contribution in [2.45, 2.75) is 52.8 Å². The molecule has 0 atom stereocenters. The zero-order valence-electron chi connectivity index (χ0n) is 24.7. The van der Waals surface area contributed by atoms with Gasteiger partial charge in [0.15, 0.2) is 0 Å². The average Bonchev–Trinajstić information content (AvgIpc) is 2.96. The van der Waals surface area contributed by atoms with Crippen molar-refractivity contribution in [1.82, 2.24) is 14.8 Å². The number of likely N-dealkylation sites (N-methyl/N-ethyl adjacent to an activating group) is 1. The predicted octanol–water partition coefficient (Wildman–Crippen LogP) is 6.65. The highest BCUT2D eigenvalue weighted by Gasteiger charge is 2.34. The number of aromatic nitrogens is 1. The molecule has 0 unspecified atom stereocenters. The minimum absolute atomic E-state index is 0.148. The summed E-state index contributed by atoms with van der Waals surface area (Å²) in [6.07, 6.45) is 0.397. The van der Waals surface area contributed by atoms with Crippen LogP contribution >= 0.6 is 0 Å². The van der Waals surface area contributed by atoms with Crippen LogP contribution in [0.2, 0.25) is 0 Å². The van der Waals surface area contributed by atoms with Crippen LogP contribution < -0.4 is 10.6 Å². The maximum absolute atomic E-state index is 13.7. The molecule has 0 aliphatic carbocycles. The Kier molecular flexibility index (Phi) is 11.7. The van der Waals surface area contributed by atoms with Gasteiger partial charge in [0.05, 0.1) is 5.56 Å². The Morgan fingerprint density at radius 2 is 1.68 bits per heavy atom. The van der Waals surface area contributed by atoms with E-state index >= 15 is 0 Å². The number of carbonyl (C=O) groups excluding carboxylic acids is 1. The van der Waals surface area contributed by atoms with Gasteiger partial charge in [-0.25, -0.2) is 4.98 Å². The first-order valence-corrected chi connectivity index (χ1v) is 14.2. The van der Waals surface area contributed by atoms with Crippen LogP contribution in [-0.2, 0) is 25.6 Å². The van der Waals surface area contributed by atoms with Gasteiger partial charge in [-0.05, 0) is 79.4 Å². The highest BCUT2D eigenvalue weighted by molar-refractivity contribution is 6.04. The first-order valence-electron chi connectivity index (χ1n) is 14.2. The molecule has 2 N–H and O–H groups in total. The molecule has 3 aromatic rings. The summed E-state index contributed by atoms with van der Waals surface area (Å²) in [5.41, 5.74) is 3.58. The van der Waals surface area contributed by atoms with Crippen molar-refractivity contribution < 1.29 is 18.0 Å². The second-order valence-electron chi connectivity index (χ2n) is 10.4. The highest BCUT2D eigenvalue weighted by atomic mass is 19.4. The number of aryl methyl sites for hydroxylation is 3. The molecule has 2 aromatic carbocycles. The Hall–Kier alpha value is -3.43. The van der Waals surface area contributed by atoms with E-state index in [0.717, 1.165) is 62.9 Å². The van der Waals surface area contributed by atoms with Crippen LogP contribution in [-0.4, -0.2) is 61.0 Å². The summed E-state index contributed by atoms with van der Waals surface area (Å²) in [5, 5.41) is 5.59. The molecule has 41 heavy (non-hydrogen) atoms. The van der Waals surface area contributed by atoms with Gasteiger partial charge in [0, 0.05) is 57.2 Å². The SMILES string of the molecule is CCCc1ccc(C(=O)Nc2ccc(CN3CCN(C)CC3)c(C(F)(F)F)c2)cc1C.CCc1ccc(NC)nc1. The first kappa shape index (κ1) is 32.1. The zero-order chi connectivity index (χ0) is 30.0. The van der Waals surface area contributed by atoms with Crippen LogP contribution in [0.15, 0.2) is 54.7 Å². The summed E-state index contributed by atoms with van der Waals surface area (Å²) >= 11 is 0. The molecule has 2 heterocycles. The summed E-state index contributed by atoms with van der Waals surface area (Å²) in [6.45, 7) is 9.55. The summed E-state index contributed by atoms with van der Waals surface area (Å²) in [4.78, 5) is 21.0. The number of hydrogen-bond acceptors (Lipinski definition) is 5. The van der Waals surface area contributed by atoms with Crippen molar-refractivity contribution in [3.8, 4) is 0 Å². The molecule has 222 valence electrons. The van der Waals surface area contributed by atoms with E-state index in [-0.39, 0.29) is 17.8 Å². The van der Waals surface area contributed by atoms with Crippen LogP contribution in [0.4, 0.5) is 24.7 Å². The van der Waals surface area contributed by atoms with Crippen molar-refractivity contribution in [2.75, 3.05) is 50.9 Å². The average molecular weight is 570 g/mol. The molecule has 0 spiro atoms. The quantitative estimate of drug-likeness (QED) is 0.318. The maximum Gasteiger partial charge on any atom is 0.416 e. The number of benzene rings is 2. The van der Waals surface area contributed by atoms with Crippen LogP contribution in [0.5, 0.6) is 0 Å². The summed E-state index contributed by atoms with van der Waals surface area (Å²) in [6, 6.07) is 13.6. The van der Waals surface area contributed by atoms with Crippen molar-refractivity contribution in [2.24, 2.45) is 0 Å². The summed E-state index contributed by atoms with van der Waals surface area (Å²) in [7, 11) is 3.88. The van der Waals surface area contributed by atoms with Gasteiger partial charge in [-0.1, -0.05) is 38.5 Å². The van der Waals surface area contributed by atoms with Crippen molar-refractivity contribution >= 4 is 17.4 Å². The Bertz CT molecular complexity index is 1250. The number of halogens is 3. The van der Waals surface area contributed by atoms with Gasteiger partial charge < -0.3 is 15.5 Å². The number of nitrogens with one attached hydrogen (secondary N) is 2. The van der Waals surface area contributed by atoms with Crippen LogP contribution in [0.25, 0.3) is 0 Å². The van der Waals surface area contributed by atoms with E-state index in [0.29, 0.717) is 5.56 Å². The van der Waals surface area contributed by atoms with Gasteiger partial charge in [0.25, 0.3) is 5.91 Å². The fourth-order valence-corrected chi connectivity index (χ4v) is 4.67. The Labute approximate surface area is 242 Å². The smallest absolute Gasteiger partial charge is 0.373 e. The van der Waals surface area contributed by atoms with Crippen LogP contribution in [0.3, 0.4) is 0 Å². The number of alkyl halides is 3. The first-order chi connectivity index (χ1) is 19.5. The number of piperazine rings is 1. The minimum Gasteiger partial charge on any atom is -0.373 e. The third kappa shape index (κ3) is 9.57. The monoisotopic (exact) mass is 569 g/mol. The lowest BCUT2D eigenvalue weighted by Crippen LogP contribution is -2.44. The molecule has 1 amide bonds. The lowest BCUT2D eigenvalue weighted by molar-refractivity contribution is -0.138. The molecular weight excluding hydrogens is 527 g/mol. The number of rotatable bonds is 8. The third-order valence-electron chi connectivity index (χ3n) is 7.28. The molecule has 1 aliphatic heterocycles. The molecule has 1 fully saturated rings. The van der Waals surface area contributed by atoms with Gasteiger partial charge in [-0.3, -0.25) is 9.69 Å². The van der Waals surface area contributed by atoms with Crippen LogP contribution in [0.1, 0.15) is 58.4 Å². The van der Waals surface area contributed by atoms with E-state index < -0.39 is 17.6 Å². The van der Waals surface area contributed by atoms with Gasteiger partial charge in [-0.2, -0.15) is 13.2 Å². The van der Waals surface area contributed by atoms with E-state index in [1.54, 1.807) is 18.2 Å². The molecular formula is C32H42F3N5O. The second-order valence-corrected chi connectivity index (χ2v) is 10.4. The van der Waals surface area contributed by atoms with Gasteiger partial charge in [-0.15, -0.1) is 0 Å². The third-order valence-corrected chi connectivity index (χ3v) is 7.28. The fourth-order valence-electron chi connectivity index (χ4n) is 4.67. The molecule has 1 saturated heterocycles. The van der Waals surface area contributed by atoms with Crippen molar-refractivity contribution in [3.63, 3.8) is 0 Å². The van der Waals surface area contributed by atoms with E-state index in [1.807, 2.05) is 44.2 Å². The van der Waals surface area contributed by atoms with Crippen molar-refractivity contribution in [3.05, 3.63) is 88.1 Å². The number of anilines is 2. The van der Waals surface area contributed by atoms with Crippen LogP contribution in [0, 0.1) is 6.92 Å². The molecule has 1 aromatic heterocycles. The van der Waals surface area contributed by atoms with E-state index in [2.05, 4.69) is 40.4 Å². The zero-order valence-corrected chi connectivity index (χ0v) is 24.7. The Morgan fingerprint density at radius 3 is 2.24 bits per heavy atom. The maximum atomic E-state index is 13.7. The minimum atomic E-state index is -4.49. The molecule has 6 nitrogen and oxygen atoms in total. The second kappa shape index (κ2) is 15.0. The van der Waals surface area contributed by atoms with E-state index in [4.69, 9.17) is 0 Å². The van der Waals surface area contributed by atoms with E-state index in [9.17, 15) is 18.0 Å². The number of nitrogens with zero attached hydrogens (tertiary/aromatic N) is 3. The van der Waals surface area contributed by atoms with E-state index in [1.165, 1.54) is 17.2 Å². The number of hydrogen-bond donors (Lipinski definition) is 2. The summed E-state index contributed by atoms with van der Waals surface area (Å²) < 4.78 is 41.2. The molecule has 1 aliphatic rings. The fraction of sp³-hybridized carbons (Fsp3) is 0.438. The molecule has 0 bridgehead atoms.